The van der Waals surface area contributed by atoms with Gasteiger partial charge in [0.1, 0.15) is 5.75 Å². The van der Waals surface area contributed by atoms with E-state index in [4.69, 9.17) is 4.74 Å². The SMILES string of the molecule is COc1ccc2cc([N+](=O)[O-])ccc2c1. The first kappa shape index (κ1) is 9.45. The van der Waals surface area contributed by atoms with Crippen LogP contribution in [0.4, 0.5) is 5.69 Å². The number of non-ortho nitro benzene ring substituents is 1. The highest BCUT2D eigenvalue weighted by Gasteiger charge is 2.05. The summed E-state index contributed by atoms with van der Waals surface area (Å²) in [5.74, 6) is 0.747. The van der Waals surface area contributed by atoms with Crippen molar-refractivity contribution in [1.82, 2.24) is 0 Å². The number of methoxy groups -OCH3 is 1. The summed E-state index contributed by atoms with van der Waals surface area (Å²) in [6.45, 7) is 0. The monoisotopic (exact) mass is 203 g/mol. The number of nitrogens with zero attached hydrogens (tertiary/aromatic N) is 1. The molecule has 0 saturated carbocycles. The Kier molecular flexibility index (Phi) is 2.25. The highest BCUT2D eigenvalue weighted by atomic mass is 16.6. The van der Waals surface area contributed by atoms with Crippen molar-refractivity contribution in [2.45, 2.75) is 0 Å². The van der Waals surface area contributed by atoms with Crippen molar-refractivity contribution in [3.05, 3.63) is 46.5 Å². The summed E-state index contributed by atoms with van der Waals surface area (Å²) in [7, 11) is 1.59. The standard InChI is InChI=1S/C11H9NO3/c1-15-11-5-3-8-6-10(12(13)14)4-2-9(8)7-11/h2-7H,1H3. The number of nitro benzene ring substituents is 1. The first-order valence-electron chi connectivity index (χ1n) is 4.43. The number of nitro groups is 1. The normalized spacial score (nSPS) is 10.2. The summed E-state index contributed by atoms with van der Waals surface area (Å²) in [6, 6.07) is 10.2. The zero-order chi connectivity index (χ0) is 10.8. The van der Waals surface area contributed by atoms with Gasteiger partial charge in [0.15, 0.2) is 0 Å². The molecule has 4 heteroatoms. The van der Waals surface area contributed by atoms with E-state index < -0.39 is 4.92 Å². The lowest BCUT2D eigenvalue weighted by atomic mass is 10.1. The Balaban J connectivity index is 2.59. The highest BCUT2D eigenvalue weighted by molar-refractivity contribution is 5.85. The van der Waals surface area contributed by atoms with Gasteiger partial charge in [0.05, 0.1) is 12.0 Å². The first-order valence-corrected chi connectivity index (χ1v) is 4.43. The average Bonchev–Trinajstić information content (AvgIpc) is 2.27. The number of hydrogen-bond donors (Lipinski definition) is 0. The van der Waals surface area contributed by atoms with Gasteiger partial charge in [-0.25, -0.2) is 0 Å². The van der Waals surface area contributed by atoms with Crippen LogP contribution in [0, 0.1) is 10.1 Å². The Hall–Kier alpha value is -2.10. The topological polar surface area (TPSA) is 52.4 Å². The van der Waals surface area contributed by atoms with Crippen LogP contribution in [0.15, 0.2) is 36.4 Å². The molecule has 0 atom stereocenters. The molecule has 2 aromatic carbocycles. The summed E-state index contributed by atoms with van der Waals surface area (Å²) in [5.41, 5.74) is 0.104. The Labute approximate surface area is 86.2 Å². The molecular weight excluding hydrogens is 194 g/mol. The molecule has 0 amide bonds. The van der Waals surface area contributed by atoms with E-state index in [2.05, 4.69) is 0 Å². The zero-order valence-electron chi connectivity index (χ0n) is 8.14. The maximum Gasteiger partial charge on any atom is 0.270 e. The molecule has 0 N–H and O–H groups in total. The fraction of sp³-hybridized carbons (Fsp3) is 0.0909. The molecule has 4 nitrogen and oxygen atoms in total. The van der Waals surface area contributed by atoms with Crippen LogP contribution in [-0.2, 0) is 0 Å². The third kappa shape index (κ3) is 1.74. The fourth-order valence-corrected chi connectivity index (χ4v) is 1.45. The Bertz CT molecular complexity index is 522. The minimum Gasteiger partial charge on any atom is -0.497 e. The van der Waals surface area contributed by atoms with Gasteiger partial charge in [0.25, 0.3) is 5.69 Å². The van der Waals surface area contributed by atoms with E-state index in [-0.39, 0.29) is 5.69 Å². The van der Waals surface area contributed by atoms with E-state index in [1.807, 2.05) is 6.07 Å². The van der Waals surface area contributed by atoms with Crippen LogP contribution < -0.4 is 4.74 Å². The Morgan fingerprint density at radius 1 is 1.13 bits per heavy atom. The molecule has 0 radical (unpaired) electrons. The molecule has 0 aliphatic rings. The summed E-state index contributed by atoms with van der Waals surface area (Å²) in [5, 5.41) is 12.3. The molecule has 0 unspecified atom stereocenters. The zero-order valence-corrected chi connectivity index (χ0v) is 8.14. The minimum atomic E-state index is -0.399. The molecule has 15 heavy (non-hydrogen) atoms. The smallest absolute Gasteiger partial charge is 0.270 e. The van der Waals surface area contributed by atoms with E-state index in [9.17, 15) is 10.1 Å². The Morgan fingerprint density at radius 2 is 1.80 bits per heavy atom. The maximum absolute atomic E-state index is 10.5. The van der Waals surface area contributed by atoms with E-state index in [1.54, 1.807) is 31.4 Å². The largest absolute Gasteiger partial charge is 0.497 e. The number of ether oxygens (including phenoxy) is 1. The molecular formula is C11H9NO3. The highest BCUT2D eigenvalue weighted by Crippen LogP contribution is 2.24. The summed E-state index contributed by atoms with van der Waals surface area (Å²) < 4.78 is 5.07. The second kappa shape index (κ2) is 3.57. The lowest BCUT2D eigenvalue weighted by Crippen LogP contribution is -1.87. The van der Waals surface area contributed by atoms with Crippen LogP contribution in [0.3, 0.4) is 0 Å². The second-order valence-corrected chi connectivity index (χ2v) is 3.15. The van der Waals surface area contributed by atoms with Crippen molar-refractivity contribution < 1.29 is 9.66 Å². The summed E-state index contributed by atoms with van der Waals surface area (Å²) >= 11 is 0. The van der Waals surface area contributed by atoms with Gasteiger partial charge in [0.2, 0.25) is 0 Å². The molecule has 0 heterocycles. The number of rotatable bonds is 2. The van der Waals surface area contributed by atoms with E-state index in [0.29, 0.717) is 0 Å². The van der Waals surface area contributed by atoms with Crippen molar-refractivity contribution in [1.29, 1.82) is 0 Å². The van der Waals surface area contributed by atoms with Gasteiger partial charge >= 0.3 is 0 Å². The van der Waals surface area contributed by atoms with E-state index >= 15 is 0 Å². The third-order valence-corrected chi connectivity index (χ3v) is 2.24. The number of hydrogen-bond acceptors (Lipinski definition) is 3. The van der Waals surface area contributed by atoms with Gasteiger partial charge in [-0.2, -0.15) is 0 Å². The molecule has 0 aliphatic carbocycles. The van der Waals surface area contributed by atoms with Crippen LogP contribution in [0.2, 0.25) is 0 Å². The molecule has 2 rings (SSSR count). The summed E-state index contributed by atoms with van der Waals surface area (Å²) in [4.78, 5) is 10.1. The van der Waals surface area contributed by atoms with Gasteiger partial charge < -0.3 is 4.74 Å². The lowest BCUT2D eigenvalue weighted by Gasteiger charge is -2.01. The molecule has 0 aromatic heterocycles. The quantitative estimate of drug-likeness (QED) is 0.557. The van der Waals surface area contributed by atoms with Crippen molar-refractivity contribution in [3.8, 4) is 5.75 Å². The van der Waals surface area contributed by atoms with Crippen LogP contribution in [0.25, 0.3) is 10.8 Å². The van der Waals surface area contributed by atoms with Gasteiger partial charge in [0, 0.05) is 12.1 Å². The Morgan fingerprint density at radius 3 is 2.47 bits per heavy atom. The first-order chi connectivity index (χ1) is 7.20. The van der Waals surface area contributed by atoms with E-state index in [1.165, 1.54) is 6.07 Å². The summed E-state index contributed by atoms with van der Waals surface area (Å²) in [6.07, 6.45) is 0. The molecule has 0 spiro atoms. The molecule has 2 aromatic rings. The minimum absolute atomic E-state index is 0.104. The molecule has 0 bridgehead atoms. The lowest BCUT2D eigenvalue weighted by molar-refractivity contribution is -0.384. The van der Waals surface area contributed by atoms with Crippen molar-refractivity contribution in [2.24, 2.45) is 0 Å². The third-order valence-electron chi connectivity index (χ3n) is 2.24. The maximum atomic E-state index is 10.5. The van der Waals surface area contributed by atoms with Crippen molar-refractivity contribution in [3.63, 3.8) is 0 Å². The number of benzene rings is 2. The predicted molar refractivity (Wildman–Crippen MR) is 57.2 cm³/mol. The average molecular weight is 203 g/mol. The van der Waals surface area contributed by atoms with E-state index in [0.717, 1.165) is 16.5 Å². The van der Waals surface area contributed by atoms with Crippen LogP contribution in [-0.4, -0.2) is 12.0 Å². The fourth-order valence-electron chi connectivity index (χ4n) is 1.45. The van der Waals surface area contributed by atoms with Gasteiger partial charge in [-0.3, -0.25) is 10.1 Å². The molecule has 0 fully saturated rings. The van der Waals surface area contributed by atoms with Crippen LogP contribution in [0.1, 0.15) is 0 Å². The predicted octanol–water partition coefficient (Wildman–Crippen LogP) is 2.76. The second-order valence-electron chi connectivity index (χ2n) is 3.15. The van der Waals surface area contributed by atoms with Crippen LogP contribution in [0.5, 0.6) is 5.75 Å². The van der Waals surface area contributed by atoms with Gasteiger partial charge in [-0.15, -0.1) is 0 Å². The number of fused-ring (bicyclic) bond motifs is 1. The molecule has 0 saturated heterocycles. The van der Waals surface area contributed by atoms with Crippen molar-refractivity contribution >= 4 is 16.5 Å². The van der Waals surface area contributed by atoms with Crippen LogP contribution >= 0.6 is 0 Å². The van der Waals surface area contributed by atoms with Crippen molar-refractivity contribution in [2.75, 3.05) is 7.11 Å². The van der Waals surface area contributed by atoms with Gasteiger partial charge in [-0.05, 0) is 29.0 Å². The van der Waals surface area contributed by atoms with Gasteiger partial charge in [-0.1, -0.05) is 6.07 Å². The molecule has 76 valence electrons. The molecule has 0 aliphatic heterocycles.